The highest BCUT2D eigenvalue weighted by molar-refractivity contribution is 5.94. The van der Waals surface area contributed by atoms with Crippen LogP contribution in [0.5, 0.6) is 0 Å². The molecule has 1 fully saturated rings. The number of likely N-dealkylation sites (tertiary alicyclic amines) is 1. The van der Waals surface area contributed by atoms with Gasteiger partial charge in [0.2, 0.25) is 0 Å². The van der Waals surface area contributed by atoms with E-state index in [2.05, 4.69) is 9.97 Å². The van der Waals surface area contributed by atoms with E-state index in [1.54, 1.807) is 18.3 Å². The van der Waals surface area contributed by atoms with Crippen molar-refractivity contribution in [3.05, 3.63) is 71.8 Å². The van der Waals surface area contributed by atoms with Crippen LogP contribution in [0.4, 0.5) is 4.39 Å². The second-order valence-corrected chi connectivity index (χ2v) is 6.53. The molecule has 2 atom stereocenters. The SMILES string of the molecule is C[C@@H]1C[C@H](c2ccc(F)cc2)CN1C(=O)c1cnc2ccccc2n1. The van der Waals surface area contributed by atoms with Crippen molar-refractivity contribution in [2.24, 2.45) is 0 Å². The van der Waals surface area contributed by atoms with Crippen LogP contribution in [0.3, 0.4) is 0 Å². The first-order chi connectivity index (χ1) is 12.1. The van der Waals surface area contributed by atoms with Gasteiger partial charge in [-0.3, -0.25) is 9.78 Å². The molecule has 1 aliphatic rings. The Morgan fingerprint density at radius 2 is 1.84 bits per heavy atom. The number of rotatable bonds is 2. The first-order valence-electron chi connectivity index (χ1n) is 8.40. The molecule has 0 N–H and O–H groups in total. The largest absolute Gasteiger partial charge is 0.334 e. The smallest absolute Gasteiger partial charge is 0.274 e. The zero-order valence-electron chi connectivity index (χ0n) is 13.9. The van der Waals surface area contributed by atoms with E-state index in [1.165, 1.54) is 12.1 Å². The number of fused-ring (bicyclic) bond motifs is 1. The lowest BCUT2D eigenvalue weighted by molar-refractivity contribution is 0.0740. The van der Waals surface area contributed by atoms with Crippen molar-refractivity contribution in [2.45, 2.75) is 25.3 Å². The van der Waals surface area contributed by atoms with Crippen LogP contribution in [0.2, 0.25) is 0 Å². The summed E-state index contributed by atoms with van der Waals surface area (Å²) in [5.41, 5.74) is 2.92. The van der Waals surface area contributed by atoms with E-state index in [9.17, 15) is 9.18 Å². The van der Waals surface area contributed by atoms with E-state index in [1.807, 2.05) is 36.1 Å². The molecule has 0 bridgehead atoms. The maximum absolute atomic E-state index is 13.1. The van der Waals surface area contributed by atoms with Crippen molar-refractivity contribution in [1.29, 1.82) is 0 Å². The predicted octanol–water partition coefficient (Wildman–Crippen LogP) is 3.79. The highest BCUT2D eigenvalue weighted by Gasteiger charge is 2.34. The Morgan fingerprint density at radius 1 is 1.12 bits per heavy atom. The quantitative estimate of drug-likeness (QED) is 0.716. The van der Waals surface area contributed by atoms with Gasteiger partial charge in [-0.25, -0.2) is 9.37 Å². The van der Waals surface area contributed by atoms with E-state index in [-0.39, 0.29) is 23.7 Å². The maximum atomic E-state index is 13.1. The van der Waals surface area contributed by atoms with Gasteiger partial charge in [-0.2, -0.15) is 0 Å². The van der Waals surface area contributed by atoms with Crippen LogP contribution in [0.15, 0.2) is 54.7 Å². The van der Waals surface area contributed by atoms with E-state index in [0.29, 0.717) is 12.2 Å². The summed E-state index contributed by atoms with van der Waals surface area (Å²) < 4.78 is 13.1. The number of hydrogen-bond donors (Lipinski definition) is 0. The van der Waals surface area contributed by atoms with Gasteiger partial charge in [-0.05, 0) is 43.2 Å². The molecule has 2 heterocycles. The lowest BCUT2D eigenvalue weighted by atomic mass is 9.97. The van der Waals surface area contributed by atoms with Crippen LogP contribution in [-0.2, 0) is 0 Å². The fourth-order valence-electron chi connectivity index (χ4n) is 3.50. The van der Waals surface area contributed by atoms with Crippen LogP contribution in [-0.4, -0.2) is 33.4 Å². The lowest BCUT2D eigenvalue weighted by Gasteiger charge is -2.21. The Bertz CT molecular complexity index is 926. The van der Waals surface area contributed by atoms with Crippen molar-refractivity contribution < 1.29 is 9.18 Å². The van der Waals surface area contributed by atoms with Crippen LogP contribution < -0.4 is 0 Å². The summed E-state index contributed by atoms with van der Waals surface area (Å²) in [5.74, 6) is -0.127. The summed E-state index contributed by atoms with van der Waals surface area (Å²) in [7, 11) is 0. The maximum Gasteiger partial charge on any atom is 0.274 e. The van der Waals surface area contributed by atoms with Crippen molar-refractivity contribution in [3.8, 4) is 0 Å². The zero-order chi connectivity index (χ0) is 17.4. The van der Waals surface area contributed by atoms with Gasteiger partial charge < -0.3 is 4.90 Å². The number of nitrogens with zero attached hydrogens (tertiary/aromatic N) is 3. The number of carbonyl (C=O) groups is 1. The summed E-state index contributed by atoms with van der Waals surface area (Å²) in [6.07, 6.45) is 2.40. The van der Waals surface area contributed by atoms with Gasteiger partial charge in [-0.15, -0.1) is 0 Å². The van der Waals surface area contributed by atoms with Gasteiger partial charge in [0.1, 0.15) is 11.5 Å². The summed E-state index contributed by atoms with van der Waals surface area (Å²) in [6.45, 7) is 2.65. The third-order valence-corrected chi connectivity index (χ3v) is 4.84. The third kappa shape index (κ3) is 2.97. The zero-order valence-corrected chi connectivity index (χ0v) is 13.9. The second kappa shape index (κ2) is 6.24. The molecule has 3 aromatic rings. The molecule has 0 radical (unpaired) electrons. The molecule has 5 heteroatoms. The van der Waals surface area contributed by atoms with Gasteiger partial charge in [0.25, 0.3) is 5.91 Å². The summed E-state index contributed by atoms with van der Waals surface area (Å²) in [6, 6.07) is 14.2. The first-order valence-corrected chi connectivity index (χ1v) is 8.40. The summed E-state index contributed by atoms with van der Waals surface area (Å²) in [5, 5.41) is 0. The molecule has 4 rings (SSSR count). The standard InChI is InChI=1S/C20H18FN3O/c1-13-10-15(14-6-8-16(21)9-7-14)12-24(13)20(25)19-11-22-17-4-2-3-5-18(17)23-19/h2-9,11,13,15H,10,12H2,1H3/t13-,15+/m1/s1. The number of carbonyl (C=O) groups excluding carboxylic acids is 1. The number of halogens is 1. The van der Waals surface area contributed by atoms with E-state index in [4.69, 9.17) is 0 Å². The number of aromatic nitrogens is 2. The average molecular weight is 335 g/mol. The molecule has 0 aliphatic carbocycles. The molecule has 1 aromatic heterocycles. The number of para-hydroxylation sites is 2. The molecule has 0 unspecified atom stereocenters. The van der Waals surface area contributed by atoms with E-state index < -0.39 is 0 Å². The number of amides is 1. The van der Waals surface area contributed by atoms with Gasteiger partial charge in [0.05, 0.1) is 17.2 Å². The number of hydrogen-bond acceptors (Lipinski definition) is 3. The van der Waals surface area contributed by atoms with Crippen molar-refractivity contribution in [3.63, 3.8) is 0 Å². The second-order valence-electron chi connectivity index (χ2n) is 6.53. The molecule has 1 aliphatic heterocycles. The Kier molecular flexibility index (Phi) is 3.92. The molecule has 0 saturated carbocycles. The minimum atomic E-state index is -0.242. The molecule has 0 spiro atoms. The molecule has 4 nitrogen and oxygen atoms in total. The predicted molar refractivity (Wildman–Crippen MR) is 93.8 cm³/mol. The topological polar surface area (TPSA) is 46.1 Å². The Morgan fingerprint density at radius 3 is 2.60 bits per heavy atom. The highest BCUT2D eigenvalue weighted by Crippen LogP contribution is 2.32. The average Bonchev–Trinajstić information content (AvgIpc) is 3.03. The van der Waals surface area contributed by atoms with Gasteiger partial charge >= 0.3 is 0 Å². The van der Waals surface area contributed by atoms with Gasteiger partial charge in [0.15, 0.2) is 0 Å². The van der Waals surface area contributed by atoms with Crippen LogP contribution in [0, 0.1) is 5.82 Å². The molecule has 25 heavy (non-hydrogen) atoms. The minimum absolute atomic E-state index is 0.102. The molecule has 1 saturated heterocycles. The highest BCUT2D eigenvalue weighted by atomic mass is 19.1. The fourth-order valence-corrected chi connectivity index (χ4v) is 3.50. The molecule has 2 aromatic carbocycles. The van der Waals surface area contributed by atoms with Crippen molar-refractivity contribution in [1.82, 2.24) is 14.9 Å². The number of benzene rings is 2. The Balaban J connectivity index is 1.57. The van der Waals surface area contributed by atoms with Crippen LogP contribution >= 0.6 is 0 Å². The monoisotopic (exact) mass is 335 g/mol. The van der Waals surface area contributed by atoms with Gasteiger partial charge in [0, 0.05) is 18.5 Å². The van der Waals surface area contributed by atoms with Crippen molar-refractivity contribution >= 4 is 16.9 Å². The Labute approximate surface area is 145 Å². The fraction of sp³-hybridized carbons (Fsp3) is 0.250. The van der Waals surface area contributed by atoms with Crippen LogP contribution in [0.1, 0.15) is 35.3 Å². The third-order valence-electron chi connectivity index (χ3n) is 4.84. The molecule has 126 valence electrons. The van der Waals surface area contributed by atoms with Gasteiger partial charge in [-0.1, -0.05) is 24.3 Å². The van der Waals surface area contributed by atoms with Crippen molar-refractivity contribution in [2.75, 3.05) is 6.54 Å². The summed E-state index contributed by atoms with van der Waals surface area (Å²) >= 11 is 0. The molecular weight excluding hydrogens is 317 g/mol. The molecular formula is C20H18FN3O. The van der Waals surface area contributed by atoms with Crippen LogP contribution in [0.25, 0.3) is 11.0 Å². The molecule has 1 amide bonds. The minimum Gasteiger partial charge on any atom is -0.334 e. The van der Waals surface area contributed by atoms with E-state index in [0.717, 1.165) is 23.0 Å². The van der Waals surface area contributed by atoms with E-state index >= 15 is 0 Å². The normalized spacial score (nSPS) is 20.2. The first kappa shape index (κ1) is 15.7. The Hall–Kier alpha value is -2.82. The lowest BCUT2D eigenvalue weighted by Crippen LogP contribution is -2.34. The summed E-state index contributed by atoms with van der Waals surface area (Å²) in [4.78, 5) is 23.5.